The summed E-state index contributed by atoms with van der Waals surface area (Å²) >= 11 is 1.73. The predicted octanol–water partition coefficient (Wildman–Crippen LogP) is 5.08. The number of benzene rings is 3. The summed E-state index contributed by atoms with van der Waals surface area (Å²) in [5, 5.41) is 3.11. The summed E-state index contributed by atoms with van der Waals surface area (Å²) in [6, 6.07) is 29.1. The topological polar surface area (TPSA) is 28.2 Å². The molecule has 1 aliphatic rings. The van der Waals surface area contributed by atoms with Gasteiger partial charge < -0.3 is 0 Å². The maximum Gasteiger partial charge on any atom is 0.134 e. The van der Waals surface area contributed by atoms with E-state index in [1.165, 1.54) is 10.3 Å². The van der Waals surface area contributed by atoms with Gasteiger partial charge in [0.2, 0.25) is 0 Å². The third-order valence-electron chi connectivity index (χ3n) is 4.67. The molecule has 26 heavy (non-hydrogen) atoms. The number of anilines is 1. The largest absolute Gasteiger partial charge is 0.283 e. The molecule has 1 aliphatic heterocycles. The van der Waals surface area contributed by atoms with Gasteiger partial charge in [-0.15, -0.1) is 11.3 Å². The van der Waals surface area contributed by atoms with Gasteiger partial charge in [0.05, 0.1) is 15.9 Å². The Kier molecular flexibility index (Phi) is 3.59. The van der Waals surface area contributed by atoms with E-state index in [9.17, 15) is 0 Å². The van der Waals surface area contributed by atoms with Crippen LogP contribution in [0, 0.1) is 0 Å². The van der Waals surface area contributed by atoms with Crippen molar-refractivity contribution >= 4 is 27.2 Å². The van der Waals surface area contributed by atoms with Crippen molar-refractivity contribution in [3.63, 3.8) is 0 Å². The first kappa shape index (κ1) is 15.3. The fraction of sp³-hybridized carbons (Fsp3) is 0.0455. The number of para-hydroxylation sites is 2. The van der Waals surface area contributed by atoms with Crippen LogP contribution in [0.5, 0.6) is 0 Å². The monoisotopic (exact) mass is 355 g/mol. The Labute approximate surface area is 156 Å². The van der Waals surface area contributed by atoms with Crippen LogP contribution in [0.2, 0.25) is 0 Å². The van der Waals surface area contributed by atoms with Gasteiger partial charge in [0, 0.05) is 6.20 Å². The Bertz CT molecular complexity index is 1040. The molecule has 0 saturated carbocycles. The molecular formula is C22H17N3S. The molecule has 0 fully saturated rings. The van der Waals surface area contributed by atoms with E-state index in [4.69, 9.17) is 4.98 Å². The van der Waals surface area contributed by atoms with Gasteiger partial charge in [-0.25, -0.2) is 10.4 Å². The van der Waals surface area contributed by atoms with Crippen molar-refractivity contribution in [1.29, 1.82) is 0 Å². The van der Waals surface area contributed by atoms with E-state index in [0.717, 1.165) is 16.2 Å². The molecule has 1 N–H and O–H groups in total. The van der Waals surface area contributed by atoms with Gasteiger partial charge in [0.1, 0.15) is 10.5 Å². The summed E-state index contributed by atoms with van der Waals surface area (Å²) in [7, 11) is 0. The normalized spacial score (nSPS) is 19.3. The summed E-state index contributed by atoms with van der Waals surface area (Å²) in [5.74, 6) is 0. The van der Waals surface area contributed by atoms with E-state index < -0.39 is 5.54 Å². The molecule has 3 aromatic carbocycles. The van der Waals surface area contributed by atoms with Crippen molar-refractivity contribution < 1.29 is 0 Å². The minimum Gasteiger partial charge on any atom is -0.283 e. The molecule has 126 valence electrons. The number of hydrazine groups is 1. The Balaban J connectivity index is 1.65. The van der Waals surface area contributed by atoms with E-state index in [0.29, 0.717) is 0 Å². The number of hydrogen-bond acceptors (Lipinski definition) is 4. The second-order valence-corrected chi connectivity index (χ2v) is 7.32. The number of nitrogens with zero attached hydrogens (tertiary/aromatic N) is 2. The molecular weight excluding hydrogens is 338 g/mol. The van der Waals surface area contributed by atoms with Gasteiger partial charge in [-0.05, 0) is 35.9 Å². The fourth-order valence-corrected chi connectivity index (χ4v) is 4.45. The number of aromatic nitrogens is 1. The van der Waals surface area contributed by atoms with Crippen LogP contribution in [-0.2, 0) is 5.54 Å². The molecule has 4 aromatic rings. The van der Waals surface area contributed by atoms with Gasteiger partial charge in [-0.1, -0.05) is 60.7 Å². The first-order valence-corrected chi connectivity index (χ1v) is 9.40. The standard InChI is InChI=1S/C22H17N3S/c1-3-9-17(10-4-1)22(21-23-19-13-7-8-14-20(19)26-21)15-16-25(24-22)18-11-5-2-6-12-18/h1-16,24H. The highest BCUT2D eigenvalue weighted by Gasteiger charge is 2.40. The molecule has 0 spiro atoms. The zero-order valence-electron chi connectivity index (χ0n) is 14.0. The van der Waals surface area contributed by atoms with Crippen molar-refractivity contribution in [2.75, 3.05) is 5.01 Å². The lowest BCUT2D eigenvalue weighted by molar-refractivity contribution is 0.526. The Morgan fingerprint density at radius 1 is 0.808 bits per heavy atom. The molecule has 5 rings (SSSR count). The van der Waals surface area contributed by atoms with Crippen LogP contribution in [0.4, 0.5) is 5.69 Å². The van der Waals surface area contributed by atoms with Crippen LogP contribution in [0.3, 0.4) is 0 Å². The first-order valence-electron chi connectivity index (χ1n) is 8.58. The van der Waals surface area contributed by atoms with Crippen LogP contribution in [0.1, 0.15) is 10.6 Å². The van der Waals surface area contributed by atoms with Crippen LogP contribution in [0.25, 0.3) is 10.2 Å². The number of thiazole rings is 1. The van der Waals surface area contributed by atoms with Crippen molar-refractivity contribution in [1.82, 2.24) is 10.4 Å². The van der Waals surface area contributed by atoms with E-state index in [2.05, 4.69) is 77.3 Å². The lowest BCUT2D eigenvalue weighted by Crippen LogP contribution is -2.45. The fourth-order valence-electron chi connectivity index (χ4n) is 3.34. The SMILES string of the molecule is C1=CC(c2ccccc2)(c2nc3ccccc3s2)NN1c1ccccc1. The zero-order chi connectivity index (χ0) is 17.4. The third-order valence-corrected chi connectivity index (χ3v) is 5.84. The average molecular weight is 355 g/mol. The maximum absolute atomic E-state index is 4.95. The number of rotatable bonds is 3. The van der Waals surface area contributed by atoms with Crippen molar-refractivity contribution in [3.8, 4) is 0 Å². The van der Waals surface area contributed by atoms with Gasteiger partial charge >= 0.3 is 0 Å². The van der Waals surface area contributed by atoms with E-state index in [1.54, 1.807) is 11.3 Å². The molecule has 0 saturated heterocycles. The van der Waals surface area contributed by atoms with E-state index in [-0.39, 0.29) is 0 Å². The first-order chi connectivity index (χ1) is 12.9. The lowest BCUT2D eigenvalue weighted by Gasteiger charge is -2.30. The predicted molar refractivity (Wildman–Crippen MR) is 108 cm³/mol. The van der Waals surface area contributed by atoms with Gasteiger partial charge in [-0.3, -0.25) is 5.01 Å². The summed E-state index contributed by atoms with van der Waals surface area (Å²) in [4.78, 5) is 4.95. The summed E-state index contributed by atoms with van der Waals surface area (Å²) in [5.41, 5.74) is 6.53. The number of hydrogen-bond donors (Lipinski definition) is 1. The second-order valence-electron chi connectivity index (χ2n) is 6.29. The molecule has 0 aliphatic carbocycles. The molecule has 1 unspecified atom stereocenters. The Hall–Kier alpha value is -2.95. The van der Waals surface area contributed by atoms with Gasteiger partial charge in [-0.2, -0.15) is 0 Å². The summed E-state index contributed by atoms with van der Waals surface area (Å²) in [6.45, 7) is 0. The van der Waals surface area contributed by atoms with E-state index in [1.807, 2.05) is 30.3 Å². The highest BCUT2D eigenvalue weighted by atomic mass is 32.1. The molecule has 3 nitrogen and oxygen atoms in total. The molecule has 2 heterocycles. The zero-order valence-corrected chi connectivity index (χ0v) is 14.9. The molecule has 0 bridgehead atoms. The van der Waals surface area contributed by atoms with Crippen molar-refractivity contribution in [3.05, 3.63) is 108 Å². The molecule has 1 aromatic heterocycles. The van der Waals surface area contributed by atoms with Crippen LogP contribution in [-0.4, -0.2) is 4.98 Å². The third kappa shape index (κ3) is 2.43. The van der Waals surface area contributed by atoms with Crippen LogP contribution >= 0.6 is 11.3 Å². The van der Waals surface area contributed by atoms with Crippen molar-refractivity contribution in [2.45, 2.75) is 5.54 Å². The quantitative estimate of drug-likeness (QED) is 0.555. The summed E-state index contributed by atoms with van der Waals surface area (Å²) in [6.07, 6.45) is 4.29. The molecule has 0 amide bonds. The second kappa shape index (κ2) is 6.09. The number of nitrogens with one attached hydrogen (secondary N) is 1. The average Bonchev–Trinajstić information content (AvgIpc) is 3.35. The minimum absolute atomic E-state index is 0.471. The van der Waals surface area contributed by atoms with Crippen LogP contribution < -0.4 is 10.4 Å². The van der Waals surface area contributed by atoms with Crippen molar-refractivity contribution in [2.24, 2.45) is 0 Å². The summed E-state index contributed by atoms with van der Waals surface area (Å²) < 4.78 is 1.20. The molecule has 4 heteroatoms. The van der Waals surface area contributed by atoms with E-state index >= 15 is 0 Å². The number of fused-ring (bicyclic) bond motifs is 1. The Morgan fingerprint density at radius 3 is 2.27 bits per heavy atom. The minimum atomic E-state index is -0.471. The van der Waals surface area contributed by atoms with Gasteiger partial charge in [0.15, 0.2) is 0 Å². The smallest absolute Gasteiger partial charge is 0.134 e. The molecule has 1 atom stereocenters. The Morgan fingerprint density at radius 2 is 1.50 bits per heavy atom. The lowest BCUT2D eigenvalue weighted by atomic mass is 9.92. The van der Waals surface area contributed by atoms with Crippen LogP contribution in [0.15, 0.2) is 97.2 Å². The van der Waals surface area contributed by atoms with Gasteiger partial charge in [0.25, 0.3) is 0 Å². The maximum atomic E-state index is 4.95. The highest BCUT2D eigenvalue weighted by molar-refractivity contribution is 7.18. The highest BCUT2D eigenvalue weighted by Crippen LogP contribution is 2.39. The molecule has 0 radical (unpaired) electrons.